The third-order valence-electron chi connectivity index (χ3n) is 2.81. The summed E-state index contributed by atoms with van der Waals surface area (Å²) in [4.78, 5) is 10.6. The van der Waals surface area contributed by atoms with E-state index in [9.17, 15) is 4.79 Å². The molecule has 15 heavy (non-hydrogen) atoms. The monoisotopic (exact) mass is 227 g/mol. The summed E-state index contributed by atoms with van der Waals surface area (Å²) in [5.41, 5.74) is 5.51. The highest BCUT2D eigenvalue weighted by molar-refractivity contribution is 7.15. The van der Waals surface area contributed by atoms with Crippen LogP contribution < -0.4 is 5.73 Å². The number of anilines is 1. The largest absolute Gasteiger partial charge is 0.481 e. The third-order valence-corrected chi connectivity index (χ3v) is 3.72. The summed E-state index contributed by atoms with van der Waals surface area (Å²) in [6.07, 6.45) is 3.15. The normalized spacial score (nSPS) is 25.6. The predicted molar refractivity (Wildman–Crippen MR) is 56.7 cm³/mol. The fourth-order valence-electron chi connectivity index (χ4n) is 2.14. The number of carboxylic acid groups (broad SMARTS) is 1. The predicted octanol–water partition coefficient (Wildman–Crippen LogP) is 1.48. The Kier molecular flexibility index (Phi) is 2.86. The van der Waals surface area contributed by atoms with Crippen molar-refractivity contribution in [2.75, 3.05) is 5.73 Å². The van der Waals surface area contributed by atoms with Gasteiger partial charge in [-0.25, -0.2) is 0 Å². The number of carbonyl (C=O) groups is 1. The fraction of sp³-hybridized carbons (Fsp3) is 0.667. The molecule has 1 aliphatic carbocycles. The first-order chi connectivity index (χ1) is 7.15. The highest BCUT2D eigenvalue weighted by Crippen LogP contribution is 2.40. The lowest BCUT2D eigenvalue weighted by molar-refractivity contribution is -0.138. The average Bonchev–Trinajstić information content (AvgIpc) is 2.72. The minimum Gasteiger partial charge on any atom is -0.481 e. The van der Waals surface area contributed by atoms with Gasteiger partial charge < -0.3 is 10.8 Å². The summed E-state index contributed by atoms with van der Waals surface area (Å²) in [5, 5.41) is 17.9. The lowest BCUT2D eigenvalue weighted by Crippen LogP contribution is -2.04. The smallest absolute Gasteiger partial charge is 0.303 e. The van der Waals surface area contributed by atoms with Gasteiger partial charge in [0, 0.05) is 12.3 Å². The Morgan fingerprint density at radius 3 is 2.93 bits per heavy atom. The van der Waals surface area contributed by atoms with Crippen LogP contribution in [0.15, 0.2) is 0 Å². The maximum atomic E-state index is 10.6. The molecule has 0 radical (unpaired) electrons. The van der Waals surface area contributed by atoms with Crippen LogP contribution in [0.3, 0.4) is 0 Å². The molecule has 0 amide bonds. The van der Waals surface area contributed by atoms with Crippen molar-refractivity contribution < 1.29 is 9.90 Å². The summed E-state index contributed by atoms with van der Waals surface area (Å²) in [5.74, 6) is -0.0563. The van der Waals surface area contributed by atoms with Crippen molar-refractivity contribution in [3.05, 3.63) is 5.01 Å². The summed E-state index contributed by atoms with van der Waals surface area (Å²) >= 11 is 1.41. The van der Waals surface area contributed by atoms with Gasteiger partial charge in [-0.3, -0.25) is 4.79 Å². The standard InChI is InChI=1S/C9H13N3O2S/c10-9-12-11-8(15-9)6-2-1-5(3-6)4-7(13)14/h5-6H,1-4H2,(H2,10,12)(H,13,14). The number of hydrogen-bond acceptors (Lipinski definition) is 5. The van der Waals surface area contributed by atoms with Crippen molar-refractivity contribution in [3.63, 3.8) is 0 Å². The Bertz CT molecular complexity index is 366. The molecule has 1 saturated carbocycles. The van der Waals surface area contributed by atoms with Crippen molar-refractivity contribution >= 4 is 22.4 Å². The van der Waals surface area contributed by atoms with E-state index in [4.69, 9.17) is 10.8 Å². The molecule has 6 heteroatoms. The number of nitrogens with two attached hydrogens (primary N) is 1. The molecule has 0 bridgehead atoms. The van der Waals surface area contributed by atoms with Crippen LogP contribution in [0, 0.1) is 5.92 Å². The van der Waals surface area contributed by atoms with E-state index in [-0.39, 0.29) is 12.3 Å². The van der Waals surface area contributed by atoms with Crippen LogP contribution in [-0.4, -0.2) is 21.3 Å². The molecule has 1 heterocycles. The van der Waals surface area contributed by atoms with Crippen molar-refractivity contribution in [3.8, 4) is 0 Å². The molecule has 3 N–H and O–H groups in total. The van der Waals surface area contributed by atoms with Crippen LogP contribution in [0.5, 0.6) is 0 Å². The second-order valence-electron chi connectivity index (χ2n) is 3.95. The number of carboxylic acids is 1. The van der Waals surface area contributed by atoms with E-state index in [1.807, 2.05) is 0 Å². The molecule has 2 unspecified atom stereocenters. The minimum absolute atomic E-state index is 0.269. The van der Waals surface area contributed by atoms with Crippen LogP contribution in [0.25, 0.3) is 0 Å². The van der Waals surface area contributed by atoms with Crippen LogP contribution in [0.2, 0.25) is 0 Å². The van der Waals surface area contributed by atoms with Gasteiger partial charge >= 0.3 is 5.97 Å². The lowest BCUT2D eigenvalue weighted by Gasteiger charge is -2.05. The number of aliphatic carboxylic acids is 1. The molecule has 5 nitrogen and oxygen atoms in total. The van der Waals surface area contributed by atoms with E-state index in [2.05, 4.69) is 10.2 Å². The molecule has 0 aromatic carbocycles. The molecular formula is C9H13N3O2S. The molecule has 1 fully saturated rings. The van der Waals surface area contributed by atoms with Crippen molar-refractivity contribution in [2.45, 2.75) is 31.6 Å². The van der Waals surface area contributed by atoms with Crippen LogP contribution in [0.4, 0.5) is 5.13 Å². The number of hydrogen-bond donors (Lipinski definition) is 2. The SMILES string of the molecule is Nc1nnc(C2CCC(CC(=O)O)C2)s1. The Morgan fingerprint density at radius 2 is 2.33 bits per heavy atom. The second kappa shape index (κ2) is 4.14. The maximum Gasteiger partial charge on any atom is 0.303 e. The van der Waals surface area contributed by atoms with Gasteiger partial charge in [0.15, 0.2) is 0 Å². The van der Waals surface area contributed by atoms with Gasteiger partial charge in [-0.15, -0.1) is 10.2 Å². The highest BCUT2D eigenvalue weighted by Gasteiger charge is 2.29. The lowest BCUT2D eigenvalue weighted by atomic mass is 10.0. The number of nitrogen functional groups attached to an aromatic ring is 1. The van der Waals surface area contributed by atoms with Crippen molar-refractivity contribution in [2.24, 2.45) is 5.92 Å². The van der Waals surface area contributed by atoms with E-state index >= 15 is 0 Å². The minimum atomic E-state index is -0.711. The molecule has 1 aromatic rings. The molecule has 2 rings (SSSR count). The topological polar surface area (TPSA) is 89.1 Å². The Morgan fingerprint density at radius 1 is 1.53 bits per heavy atom. The summed E-state index contributed by atoms with van der Waals surface area (Å²) in [6.45, 7) is 0. The van der Waals surface area contributed by atoms with Crippen molar-refractivity contribution in [1.82, 2.24) is 10.2 Å². The van der Waals surface area contributed by atoms with Gasteiger partial charge in [0.05, 0.1) is 0 Å². The summed E-state index contributed by atoms with van der Waals surface area (Å²) in [6, 6.07) is 0. The molecule has 2 atom stereocenters. The number of aromatic nitrogens is 2. The first-order valence-electron chi connectivity index (χ1n) is 4.96. The Hall–Kier alpha value is -1.17. The Labute approximate surface area is 91.3 Å². The summed E-state index contributed by atoms with van der Waals surface area (Å²) < 4.78 is 0. The zero-order valence-electron chi connectivity index (χ0n) is 8.22. The highest BCUT2D eigenvalue weighted by atomic mass is 32.1. The van der Waals surface area contributed by atoms with Gasteiger partial charge in [-0.1, -0.05) is 11.3 Å². The zero-order valence-corrected chi connectivity index (χ0v) is 9.04. The van der Waals surface area contributed by atoms with Crippen LogP contribution in [-0.2, 0) is 4.79 Å². The molecule has 1 aliphatic rings. The van der Waals surface area contributed by atoms with Crippen LogP contribution >= 0.6 is 11.3 Å². The van der Waals surface area contributed by atoms with Gasteiger partial charge in [0.25, 0.3) is 0 Å². The van der Waals surface area contributed by atoms with E-state index in [0.717, 1.165) is 24.3 Å². The van der Waals surface area contributed by atoms with Gasteiger partial charge in [0.1, 0.15) is 5.01 Å². The quantitative estimate of drug-likeness (QED) is 0.816. The van der Waals surface area contributed by atoms with E-state index in [0.29, 0.717) is 11.0 Å². The number of nitrogens with zero attached hydrogens (tertiary/aromatic N) is 2. The van der Waals surface area contributed by atoms with E-state index < -0.39 is 5.97 Å². The third kappa shape index (κ3) is 2.44. The molecular weight excluding hydrogens is 214 g/mol. The Balaban J connectivity index is 1.95. The average molecular weight is 227 g/mol. The molecule has 82 valence electrons. The molecule has 0 saturated heterocycles. The molecule has 0 aliphatic heterocycles. The van der Waals surface area contributed by atoms with E-state index in [1.165, 1.54) is 11.3 Å². The first-order valence-corrected chi connectivity index (χ1v) is 5.77. The summed E-state index contributed by atoms with van der Waals surface area (Å²) in [7, 11) is 0. The van der Waals surface area contributed by atoms with Gasteiger partial charge in [0.2, 0.25) is 5.13 Å². The van der Waals surface area contributed by atoms with Crippen LogP contribution in [0.1, 0.15) is 36.6 Å². The fourth-order valence-corrected chi connectivity index (χ4v) is 2.90. The molecule has 1 aromatic heterocycles. The second-order valence-corrected chi connectivity index (χ2v) is 4.99. The number of rotatable bonds is 3. The van der Waals surface area contributed by atoms with Gasteiger partial charge in [-0.2, -0.15) is 0 Å². The van der Waals surface area contributed by atoms with E-state index in [1.54, 1.807) is 0 Å². The zero-order chi connectivity index (χ0) is 10.8. The maximum absolute atomic E-state index is 10.6. The van der Waals surface area contributed by atoms with Crippen molar-refractivity contribution in [1.29, 1.82) is 0 Å². The molecule has 0 spiro atoms. The first kappa shape index (κ1) is 10.4. The van der Waals surface area contributed by atoms with Gasteiger partial charge in [-0.05, 0) is 25.2 Å².